The van der Waals surface area contributed by atoms with Crippen molar-refractivity contribution in [1.29, 1.82) is 0 Å². The average Bonchev–Trinajstić information content (AvgIpc) is 2.47. The first-order valence-electron chi connectivity index (χ1n) is 7.96. The highest BCUT2D eigenvalue weighted by molar-refractivity contribution is 5.14. The van der Waals surface area contributed by atoms with Crippen LogP contribution in [0.1, 0.15) is 45.1 Å². The van der Waals surface area contributed by atoms with Crippen LogP contribution in [0.15, 0.2) is 30.3 Å². The largest absolute Gasteiger partial charge is 0.389 e. The molecule has 1 N–H and O–H groups in total. The lowest BCUT2D eigenvalue weighted by atomic mass is 9.85. The highest BCUT2D eigenvalue weighted by atomic mass is 16.5. The molecular formula is C18H29NO2. The van der Waals surface area contributed by atoms with Crippen LogP contribution in [-0.4, -0.2) is 41.4 Å². The van der Waals surface area contributed by atoms with Crippen LogP contribution in [-0.2, 0) is 11.3 Å². The normalized spacial score (nSPS) is 24.2. The molecule has 0 radical (unpaired) electrons. The van der Waals surface area contributed by atoms with E-state index in [0.29, 0.717) is 0 Å². The summed E-state index contributed by atoms with van der Waals surface area (Å²) in [6.07, 6.45) is 3.66. The van der Waals surface area contributed by atoms with Gasteiger partial charge in [0.15, 0.2) is 0 Å². The van der Waals surface area contributed by atoms with Gasteiger partial charge in [-0.05, 0) is 51.6 Å². The molecule has 1 aliphatic heterocycles. The molecule has 2 rings (SSSR count). The molecule has 1 saturated heterocycles. The number of aliphatic hydroxyl groups is 1. The van der Waals surface area contributed by atoms with E-state index >= 15 is 0 Å². The molecule has 1 fully saturated rings. The third kappa shape index (κ3) is 5.10. The molecule has 0 amide bonds. The standard InChI is InChI=1S/C18H29NO2/c1-17(2,21-3)11-12-18(20)10-7-13-19(15-18)14-16-8-5-4-6-9-16/h4-6,8-9,20H,7,10-15H2,1-3H3. The van der Waals surface area contributed by atoms with Crippen LogP contribution >= 0.6 is 0 Å². The summed E-state index contributed by atoms with van der Waals surface area (Å²) < 4.78 is 5.47. The lowest BCUT2D eigenvalue weighted by molar-refractivity contribution is -0.0630. The van der Waals surface area contributed by atoms with Crippen molar-refractivity contribution in [2.24, 2.45) is 0 Å². The summed E-state index contributed by atoms with van der Waals surface area (Å²) in [4.78, 5) is 2.37. The van der Waals surface area contributed by atoms with E-state index < -0.39 is 5.60 Å². The Balaban J connectivity index is 1.90. The van der Waals surface area contributed by atoms with Crippen LogP contribution in [0.4, 0.5) is 0 Å². The van der Waals surface area contributed by atoms with Crippen molar-refractivity contribution in [2.75, 3.05) is 20.2 Å². The molecule has 0 spiro atoms. The van der Waals surface area contributed by atoms with E-state index in [0.717, 1.165) is 45.3 Å². The van der Waals surface area contributed by atoms with E-state index in [2.05, 4.69) is 43.0 Å². The van der Waals surface area contributed by atoms with E-state index in [1.807, 2.05) is 6.07 Å². The quantitative estimate of drug-likeness (QED) is 0.873. The lowest BCUT2D eigenvalue weighted by Crippen LogP contribution is -2.48. The predicted octanol–water partition coefficient (Wildman–Crippen LogP) is 3.22. The molecule has 0 aliphatic carbocycles. The minimum Gasteiger partial charge on any atom is -0.389 e. The van der Waals surface area contributed by atoms with Gasteiger partial charge in [-0.25, -0.2) is 0 Å². The van der Waals surface area contributed by atoms with Crippen molar-refractivity contribution in [3.63, 3.8) is 0 Å². The molecule has 1 aliphatic rings. The van der Waals surface area contributed by atoms with Crippen LogP contribution in [0, 0.1) is 0 Å². The molecule has 3 nitrogen and oxygen atoms in total. The Morgan fingerprint density at radius 1 is 1.29 bits per heavy atom. The van der Waals surface area contributed by atoms with Gasteiger partial charge in [-0.1, -0.05) is 30.3 Å². The van der Waals surface area contributed by atoms with Crippen LogP contribution in [0.25, 0.3) is 0 Å². The summed E-state index contributed by atoms with van der Waals surface area (Å²) in [7, 11) is 1.74. The van der Waals surface area contributed by atoms with Gasteiger partial charge in [0.05, 0.1) is 11.2 Å². The molecular weight excluding hydrogens is 262 g/mol. The molecule has 1 aromatic rings. The Bertz CT molecular complexity index is 432. The number of nitrogens with zero attached hydrogens (tertiary/aromatic N) is 1. The van der Waals surface area contributed by atoms with Gasteiger partial charge in [0.25, 0.3) is 0 Å². The van der Waals surface area contributed by atoms with Crippen molar-refractivity contribution in [3.8, 4) is 0 Å². The third-order valence-corrected chi connectivity index (χ3v) is 4.63. The summed E-state index contributed by atoms with van der Waals surface area (Å²) >= 11 is 0. The molecule has 1 unspecified atom stereocenters. The molecule has 1 atom stereocenters. The van der Waals surface area contributed by atoms with Crippen LogP contribution in [0.2, 0.25) is 0 Å². The first-order chi connectivity index (χ1) is 9.92. The fourth-order valence-corrected chi connectivity index (χ4v) is 3.02. The van der Waals surface area contributed by atoms with Crippen LogP contribution in [0.3, 0.4) is 0 Å². The van der Waals surface area contributed by atoms with Gasteiger partial charge in [-0.15, -0.1) is 0 Å². The van der Waals surface area contributed by atoms with E-state index in [4.69, 9.17) is 4.74 Å². The minimum atomic E-state index is -0.567. The van der Waals surface area contributed by atoms with Gasteiger partial charge in [0.1, 0.15) is 0 Å². The molecule has 0 aromatic heterocycles. The van der Waals surface area contributed by atoms with Crippen molar-refractivity contribution in [2.45, 2.75) is 57.3 Å². The number of benzene rings is 1. The lowest BCUT2D eigenvalue weighted by Gasteiger charge is -2.40. The first-order valence-corrected chi connectivity index (χ1v) is 7.96. The fourth-order valence-electron chi connectivity index (χ4n) is 3.02. The zero-order chi connectivity index (χ0) is 15.3. The number of ether oxygens (including phenoxy) is 1. The summed E-state index contributed by atoms with van der Waals surface area (Å²) in [5.41, 5.74) is 0.597. The van der Waals surface area contributed by atoms with Crippen molar-refractivity contribution >= 4 is 0 Å². The Morgan fingerprint density at radius 2 is 2.00 bits per heavy atom. The second kappa shape index (κ2) is 6.91. The van der Waals surface area contributed by atoms with Crippen molar-refractivity contribution in [1.82, 2.24) is 4.90 Å². The van der Waals surface area contributed by atoms with E-state index in [-0.39, 0.29) is 5.60 Å². The van der Waals surface area contributed by atoms with E-state index in [1.54, 1.807) is 7.11 Å². The number of hydrogen-bond donors (Lipinski definition) is 1. The topological polar surface area (TPSA) is 32.7 Å². The molecule has 21 heavy (non-hydrogen) atoms. The van der Waals surface area contributed by atoms with E-state index in [1.165, 1.54) is 5.56 Å². The number of hydrogen-bond acceptors (Lipinski definition) is 3. The number of rotatable bonds is 6. The number of likely N-dealkylation sites (tertiary alicyclic amines) is 1. The Hall–Kier alpha value is -0.900. The van der Waals surface area contributed by atoms with Gasteiger partial charge in [-0.2, -0.15) is 0 Å². The Morgan fingerprint density at radius 3 is 2.67 bits per heavy atom. The number of piperidine rings is 1. The summed E-state index contributed by atoms with van der Waals surface area (Å²) in [6, 6.07) is 10.5. The second-order valence-electron chi connectivity index (χ2n) is 6.99. The first kappa shape index (κ1) is 16.5. The molecule has 0 bridgehead atoms. The van der Waals surface area contributed by atoms with Crippen LogP contribution in [0.5, 0.6) is 0 Å². The zero-order valence-corrected chi connectivity index (χ0v) is 13.6. The van der Waals surface area contributed by atoms with Crippen molar-refractivity contribution < 1.29 is 9.84 Å². The summed E-state index contributed by atoms with van der Waals surface area (Å²) in [5, 5.41) is 10.9. The maximum absolute atomic E-state index is 10.9. The van der Waals surface area contributed by atoms with E-state index in [9.17, 15) is 5.11 Å². The molecule has 1 heterocycles. The smallest absolute Gasteiger partial charge is 0.0775 e. The Labute approximate surface area is 128 Å². The Kier molecular flexibility index (Phi) is 5.42. The highest BCUT2D eigenvalue weighted by Gasteiger charge is 2.34. The maximum atomic E-state index is 10.9. The monoisotopic (exact) mass is 291 g/mol. The molecule has 1 aromatic carbocycles. The molecule has 118 valence electrons. The van der Waals surface area contributed by atoms with Gasteiger partial charge in [-0.3, -0.25) is 4.90 Å². The average molecular weight is 291 g/mol. The second-order valence-corrected chi connectivity index (χ2v) is 6.99. The SMILES string of the molecule is COC(C)(C)CCC1(O)CCCN(Cc2ccccc2)C1. The predicted molar refractivity (Wildman–Crippen MR) is 86.2 cm³/mol. The fraction of sp³-hybridized carbons (Fsp3) is 0.667. The van der Waals surface area contributed by atoms with Crippen molar-refractivity contribution in [3.05, 3.63) is 35.9 Å². The number of β-amino-alcohol motifs (C(OH)–C–C–N with tert-alkyl or cyclic N) is 1. The summed E-state index contributed by atoms with van der Waals surface area (Å²) in [5.74, 6) is 0. The highest BCUT2D eigenvalue weighted by Crippen LogP contribution is 2.30. The zero-order valence-electron chi connectivity index (χ0n) is 13.6. The number of methoxy groups -OCH3 is 1. The minimum absolute atomic E-state index is 0.155. The molecule has 3 heteroatoms. The maximum Gasteiger partial charge on any atom is 0.0775 e. The van der Waals surface area contributed by atoms with Gasteiger partial charge in [0.2, 0.25) is 0 Å². The molecule has 0 saturated carbocycles. The van der Waals surface area contributed by atoms with Gasteiger partial charge < -0.3 is 9.84 Å². The van der Waals surface area contributed by atoms with Gasteiger partial charge in [0, 0.05) is 20.2 Å². The summed E-state index contributed by atoms with van der Waals surface area (Å²) in [6.45, 7) is 6.94. The van der Waals surface area contributed by atoms with Gasteiger partial charge >= 0.3 is 0 Å². The van der Waals surface area contributed by atoms with Crippen LogP contribution < -0.4 is 0 Å². The third-order valence-electron chi connectivity index (χ3n) is 4.63.